The summed E-state index contributed by atoms with van der Waals surface area (Å²) < 4.78 is 50.9. The number of hydrogen-bond acceptors (Lipinski definition) is 3. The number of aromatic nitrogens is 1. The van der Waals surface area contributed by atoms with Gasteiger partial charge in [0, 0.05) is 17.5 Å². The summed E-state index contributed by atoms with van der Waals surface area (Å²) in [4.78, 5) is 4.38. The molecule has 0 amide bonds. The number of benzene rings is 1. The van der Waals surface area contributed by atoms with Crippen LogP contribution in [0.2, 0.25) is 0 Å². The molecule has 0 atom stereocenters. The van der Waals surface area contributed by atoms with Crippen LogP contribution in [0.15, 0.2) is 24.4 Å². The van der Waals surface area contributed by atoms with E-state index in [0.29, 0.717) is 10.0 Å². The number of anilines is 1. The van der Waals surface area contributed by atoms with E-state index >= 15 is 0 Å². The minimum Gasteiger partial charge on any atom is -0.375 e. The van der Waals surface area contributed by atoms with Crippen LogP contribution in [0.5, 0.6) is 0 Å². The van der Waals surface area contributed by atoms with Crippen molar-refractivity contribution in [3.63, 3.8) is 0 Å². The van der Waals surface area contributed by atoms with E-state index in [1.165, 1.54) is 6.20 Å². The Labute approximate surface area is 104 Å². The van der Waals surface area contributed by atoms with Crippen LogP contribution in [0, 0.1) is 5.82 Å². The molecule has 0 saturated carbocycles. The fraction of sp³-hybridized carbons (Fsp3) is 0.182. The van der Waals surface area contributed by atoms with Crippen LogP contribution in [0.25, 0.3) is 0 Å². The molecule has 2 N–H and O–H groups in total. The van der Waals surface area contributed by atoms with Gasteiger partial charge in [-0.05, 0) is 23.8 Å². The standard InChI is InChI=1S/C11H8F4N2S/c12-9-2-1-7(11(13,14)15)3-6(9)4-8-5-17-10(16)18-8/h1-3,5H,4H2,(H2,16,17). The molecular formula is C11H8F4N2S. The predicted octanol–water partition coefficient (Wildman–Crippen LogP) is 3.47. The summed E-state index contributed by atoms with van der Waals surface area (Å²) in [5.74, 6) is -0.671. The number of hydrogen-bond donors (Lipinski definition) is 1. The first kappa shape index (κ1) is 12.8. The van der Waals surface area contributed by atoms with E-state index in [-0.39, 0.29) is 12.0 Å². The highest BCUT2D eigenvalue weighted by Gasteiger charge is 2.31. The third kappa shape index (κ3) is 2.79. The molecule has 2 nitrogen and oxygen atoms in total. The van der Waals surface area contributed by atoms with Gasteiger partial charge in [-0.1, -0.05) is 0 Å². The van der Waals surface area contributed by atoms with Gasteiger partial charge < -0.3 is 5.73 Å². The van der Waals surface area contributed by atoms with Crippen molar-refractivity contribution in [1.29, 1.82) is 0 Å². The fourth-order valence-corrected chi connectivity index (χ4v) is 2.19. The lowest BCUT2D eigenvalue weighted by molar-refractivity contribution is -0.137. The minimum atomic E-state index is -4.48. The summed E-state index contributed by atoms with van der Waals surface area (Å²) in [7, 11) is 0. The Bertz CT molecular complexity index is 562. The first-order chi connectivity index (χ1) is 8.36. The molecule has 0 saturated heterocycles. The molecule has 2 rings (SSSR count). The highest BCUT2D eigenvalue weighted by atomic mass is 32.1. The number of nitrogens with two attached hydrogens (primary N) is 1. The van der Waals surface area contributed by atoms with Crippen molar-refractivity contribution >= 4 is 16.5 Å². The summed E-state index contributed by atoms with van der Waals surface area (Å²) in [6.07, 6.45) is -3.00. The second kappa shape index (κ2) is 4.56. The summed E-state index contributed by atoms with van der Waals surface area (Å²) >= 11 is 1.12. The van der Waals surface area contributed by atoms with Gasteiger partial charge in [-0.2, -0.15) is 13.2 Å². The Morgan fingerprint density at radius 1 is 1.28 bits per heavy atom. The van der Waals surface area contributed by atoms with Gasteiger partial charge in [-0.3, -0.25) is 0 Å². The number of thiazole rings is 1. The normalized spacial score (nSPS) is 11.8. The van der Waals surface area contributed by atoms with E-state index in [1.54, 1.807) is 0 Å². The van der Waals surface area contributed by atoms with E-state index in [2.05, 4.69) is 4.98 Å². The molecule has 0 aliphatic heterocycles. The molecule has 1 aromatic heterocycles. The monoisotopic (exact) mass is 276 g/mol. The molecule has 0 bridgehead atoms. The van der Waals surface area contributed by atoms with Crippen LogP contribution in [0.1, 0.15) is 16.0 Å². The summed E-state index contributed by atoms with van der Waals surface area (Å²) in [5, 5.41) is 0.303. The predicted molar refractivity (Wildman–Crippen MR) is 60.7 cm³/mol. The lowest BCUT2D eigenvalue weighted by atomic mass is 10.1. The smallest absolute Gasteiger partial charge is 0.375 e. The molecule has 0 aliphatic carbocycles. The maximum Gasteiger partial charge on any atom is 0.416 e. The molecule has 2 aromatic rings. The molecule has 1 heterocycles. The van der Waals surface area contributed by atoms with Crippen molar-refractivity contribution < 1.29 is 17.6 Å². The molecule has 7 heteroatoms. The van der Waals surface area contributed by atoms with E-state index in [4.69, 9.17) is 5.73 Å². The molecule has 0 fully saturated rings. The van der Waals surface area contributed by atoms with Crippen LogP contribution in [-0.4, -0.2) is 4.98 Å². The lowest BCUT2D eigenvalue weighted by Crippen LogP contribution is -2.06. The molecule has 0 spiro atoms. The molecule has 1 aromatic carbocycles. The fourth-order valence-electron chi connectivity index (χ4n) is 1.48. The first-order valence-corrected chi connectivity index (χ1v) is 5.73. The van der Waals surface area contributed by atoms with Crippen molar-refractivity contribution in [2.75, 3.05) is 5.73 Å². The third-order valence-electron chi connectivity index (χ3n) is 2.31. The SMILES string of the molecule is Nc1ncc(Cc2cc(C(F)(F)F)ccc2F)s1. The quantitative estimate of drug-likeness (QED) is 0.853. The molecule has 0 radical (unpaired) electrons. The molecule has 0 aliphatic rings. The van der Waals surface area contributed by atoms with Crippen molar-refractivity contribution in [2.45, 2.75) is 12.6 Å². The first-order valence-electron chi connectivity index (χ1n) is 4.92. The summed E-state index contributed by atoms with van der Waals surface area (Å²) in [6, 6.07) is 2.35. The van der Waals surface area contributed by atoms with Crippen molar-refractivity contribution in [3.8, 4) is 0 Å². The van der Waals surface area contributed by atoms with Crippen molar-refractivity contribution in [1.82, 2.24) is 4.98 Å². The minimum absolute atomic E-state index is 0.0199. The van der Waals surface area contributed by atoms with Gasteiger partial charge in [-0.15, -0.1) is 11.3 Å². The molecular weight excluding hydrogens is 268 g/mol. The second-order valence-electron chi connectivity index (χ2n) is 3.65. The number of halogens is 4. The van der Waals surface area contributed by atoms with Crippen molar-refractivity contribution in [3.05, 3.63) is 46.2 Å². The number of nitrogen functional groups attached to an aromatic ring is 1. The van der Waals surface area contributed by atoms with Crippen LogP contribution < -0.4 is 5.73 Å². The van der Waals surface area contributed by atoms with Crippen LogP contribution >= 0.6 is 11.3 Å². The lowest BCUT2D eigenvalue weighted by Gasteiger charge is -2.09. The van der Waals surface area contributed by atoms with Crippen molar-refractivity contribution in [2.24, 2.45) is 0 Å². The number of rotatable bonds is 2. The van der Waals surface area contributed by atoms with Gasteiger partial charge in [0.05, 0.1) is 5.56 Å². The van der Waals surface area contributed by atoms with E-state index in [0.717, 1.165) is 29.5 Å². The topological polar surface area (TPSA) is 38.9 Å². The van der Waals surface area contributed by atoms with Gasteiger partial charge in [0.2, 0.25) is 0 Å². The van der Waals surface area contributed by atoms with E-state index < -0.39 is 17.6 Å². The summed E-state index contributed by atoms with van der Waals surface area (Å²) in [6.45, 7) is 0. The van der Waals surface area contributed by atoms with E-state index in [1.807, 2.05) is 0 Å². The maximum absolute atomic E-state index is 13.4. The third-order valence-corrected chi connectivity index (χ3v) is 3.14. The summed E-state index contributed by atoms with van der Waals surface area (Å²) in [5.41, 5.74) is 4.52. The van der Waals surface area contributed by atoms with Gasteiger partial charge in [0.25, 0.3) is 0 Å². The average molecular weight is 276 g/mol. The second-order valence-corrected chi connectivity index (χ2v) is 4.79. The average Bonchev–Trinajstić information content (AvgIpc) is 2.66. The van der Waals surface area contributed by atoms with Crippen LogP contribution in [0.3, 0.4) is 0 Å². The number of nitrogens with zero attached hydrogens (tertiary/aromatic N) is 1. The highest BCUT2D eigenvalue weighted by molar-refractivity contribution is 7.15. The Balaban J connectivity index is 2.32. The number of alkyl halides is 3. The van der Waals surface area contributed by atoms with Gasteiger partial charge >= 0.3 is 6.18 Å². The van der Waals surface area contributed by atoms with Gasteiger partial charge in [-0.25, -0.2) is 9.37 Å². The Hall–Kier alpha value is -1.63. The molecule has 96 valence electrons. The highest BCUT2D eigenvalue weighted by Crippen LogP contribution is 2.31. The Morgan fingerprint density at radius 3 is 2.56 bits per heavy atom. The van der Waals surface area contributed by atoms with Gasteiger partial charge in [0.1, 0.15) is 5.82 Å². The molecule has 0 unspecified atom stereocenters. The maximum atomic E-state index is 13.4. The Kier molecular flexibility index (Phi) is 3.25. The van der Waals surface area contributed by atoms with E-state index in [9.17, 15) is 17.6 Å². The van der Waals surface area contributed by atoms with Crippen LogP contribution in [-0.2, 0) is 12.6 Å². The largest absolute Gasteiger partial charge is 0.416 e. The molecule has 18 heavy (non-hydrogen) atoms. The zero-order chi connectivity index (χ0) is 13.3. The Morgan fingerprint density at radius 2 is 2.00 bits per heavy atom. The van der Waals surface area contributed by atoms with Crippen LogP contribution in [0.4, 0.5) is 22.7 Å². The zero-order valence-electron chi connectivity index (χ0n) is 8.96. The van der Waals surface area contributed by atoms with Gasteiger partial charge in [0.15, 0.2) is 5.13 Å². The zero-order valence-corrected chi connectivity index (χ0v) is 9.78.